The lowest BCUT2D eigenvalue weighted by Gasteiger charge is -2.24. The monoisotopic (exact) mass is 296 g/mol. The van der Waals surface area contributed by atoms with Gasteiger partial charge in [0, 0.05) is 19.1 Å². The Kier molecular flexibility index (Phi) is 6.42. The van der Waals surface area contributed by atoms with Gasteiger partial charge in [0.15, 0.2) is 0 Å². The number of hydrogen-bond donors (Lipinski definition) is 2. The molecular formula is C16H25FN2O2. The van der Waals surface area contributed by atoms with Crippen LogP contribution in [0.4, 0.5) is 4.39 Å². The van der Waals surface area contributed by atoms with E-state index in [0.29, 0.717) is 18.3 Å². The van der Waals surface area contributed by atoms with E-state index in [4.69, 9.17) is 4.74 Å². The van der Waals surface area contributed by atoms with Crippen molar-refractivity contribution in [3.63, 3.8) is 0 Å². The predicted octanol–water partition coefficient (Wildman–Crippen LogP) is 1.64. The lowest BCUT2D eigenvalue weighted by molar-refractivity contribution is 0.104. The van der Waals surface area contributed by atoms with Crippen molar-refractivity contribution in [2.75, 3.05) is 32.8 Å². The first kappa shape index (κ1) is 16.2. The first-order chi connectivity index (χ1) is 10.1. The molecule has 1 fully saturated rings. The number of benzene rings is 1. The molecule has 1 aliphatic rings. The number of aliphatic hydroxyl groups excluding tert-OH is 1. The quantitative estimate of drug-likeness (QED) is 0.765. The maximum atomic E-state index is 12.7. The second-order valence-electron chi connectivity index (χ2n) is 5.67. The number of aliphatic hydroxyl groups is 1. The Morgan fingerprint density at radius 1 is 1.24 bits per heavy atom. The topological polar surface area (TPSA) is 44.7 Å². The van der Waals surface area contributed by atoms with Crippen LogP contribution in [0.15, 0.2) is 24.3 Å². The molecule has 0 spiro atoms. The molecule has 0 aliphatic carbocycles. The van der Waals surface area contributed by atoms with Gasteiger partial charge in [0.25, 0.3) is 0 Å². The van der Waals surface area contributed by atoms with Crippen molar-refractivity contribution in [3.8, 4) is 5.75 Å². The molecule has 1 aromatic carbocycles. The fraction of sp³-hybridized carbons (Fsp3) is 0.625. The van der Waals surface area contributed by atoms with Crippen LogP contribution in [0.3, 0.4) is 0 Å². The lowest BCUT2D eigenvalue weighted by Crippen LogP contribution is -2.41. The molecule has 118 valence electrons. The predicted molar refractivity (Wildman–Crippen MR) is 81.0 cm³/mol. The summed E-state index contributed by atoms with van der Waals surface area (Å²) in [6, 6.07) is 6.31. The zero-order valence-corrected chi connectivity index (χ0v) is 12.6. The molecule has 4 nitrogen and oxygen atoms in total. The van der Waals surface area contributed by atoms with Crippen LogP contribution in [0.25, 0.3) is 0 Å². The molecule has 1 heterocycles. The van der Waals surface area contributed by atoms with E-state index in [-0.39, 0.29) is 12.4 Å². The number of nitrogens with one attached hydrogen (secondary N) is 1. The number of hydrogen-bond acceptors (Lipinski definition) is 4. The van der Waals surface area contributed by atoms with Crippen LogP contribution in [-0.4, -0.2) is 54.9 Å². The molecule has 0 saturated carbocycles. The summed E-state index contributed by atoms with van der Waals surface area (Å²) >= 11 is 0. The summed E-state index contributed by atoms with van der Waals surface area (Å²) in [5, 5.41) is 13.1. The van der Waals surface area contributed by atoms with Gasteiger partial charge in [-0.25, -0.2) is 4.39 Å². The van der Waals surface area contributed by atoms with E-state index in [9.17, 15) is 9.50 Å². The summed E-state index contributed by atoms with van der Waals surface area (Å²) in [5.74, 6) is 0.279. The minimum Gasteiger partial charge on any atom is -0.491 e. The molecule has 2 atom stereocenters. The highest BCUT2D eigenvalue weighted by atomic mass is 19.1. The van der Waals surface area contributed by atoms with Crippen LogP contribution in [0, 0.1) is 5.82 Å². The average molecular weight is 296 g/mol. The van der Waals surface area contributed by atoms with Gasteiger partial charge in [0.2, 0.25) is 0 Å². The van der Waals surface area contributed by atoms with Gasteiger partial charge in [0.1, 0.15) is 24.3 Å². The Labute approximate surface area is 125 Å². The van der Waals surface area contributed by atoms with Gasteiger partial charge < -0.3 is 15.2 Å². The molecule has 2 N–H and O–H groups in total. The van der Waals surface area contributed by atoms with Gasteiger partial charge in [0.05, 0.1) is 0 Å². The highest BCUT2D eigenvalue weighted by Gasteiger charge is 2.17. The molecule has 1 aliphatic heterocycles. The van der Waals surface area contributed by atoms with Gasteiger partial charge in [-0.15, -0.1) is 0 Å². The minimum atomic E-state index is -0.569. The second-order valence-corrected chi connectivity index (χ2v) is 5.67. The third kappa shape index (κ3) is 5.61. The number of rotatable bonds is 8. The summed E-state index contributed by atoms with van der Waals surface area (Å²) in [4.78, 5) is 2.47. The molecule has 0 bridgehead atoms. The maximum Gasteiger partial charge on any atom is 0.123 e. The van der Waals surface area contributed by atoms with Crippen LogP contribution in [0.5, 0.6) is 5.75 Å². The average Bonchev–Trinajstić information content (AvgIpc) is 3.01. The molecule has 2 unspecified atom stereocenters. The van der Waals surface area contributed by atoms with Crippen LogP contribution < -0.4 is 10.1 Å². The normalized spacial score (nSPS) is 18.6. The number of nitrogens with zero attached hydrogens (tertiary/aromatic N) is 1. The van der Waals surface area contributed by atoms with Crippen LogP contribution in [0.2, 0.25) is 0 Å². The molecule has 0 aromatic heterocycles. The largest absolute Gasteiger partial charge is 0.491 e. The molecule has 0 radical (unpaired) electrons. The fourth-order valence-corrected chi connectivity index (χ4v) is 2.55. The molecule has 1 saturated heterocycles. The Balaban J connectivity index is 1.58. The third-order valence-corrected chi connectivity index (χ3v) is 3.84. The first-order valence-electron chi connectivity index (χ1n) is 7.66. The van der Waals surface area contributed by atoms with E-state index in [1.807, 2.05) is 0 Å². The summed E-state index contributed by atoms with van der Waals surface area (Å²) < 4.78 is 18.1. The molecule has 1 aromatic rings. The van der Waals surface area contributed by atoms with E-state index in [1.165, 1.54) is 38.1 Å². The summed E-state index contributed by atoms with van der Waals surface area (Å²) in [7, 11) is 0. The standard InChI is InChI=1S/C16H25FN2O2/c1-13(19-8-2-3-9-19)10-18-11-15(20)12-21-16-6-4-14(17)5-7-16/h4-7,13,15,18,20H,2-3,8-12H2,1H3. The van der Waals surface area contributed by atoms with Gasteiger partial charge in [-0.2, -0.15) is 0 Å². The summed E-state index contributed by atoms with van der Waals surface area (Å²) in [6.07, 6.45) is 2.01. The van der Waals surface area contributed by atoms with Crippen molar-refractivity contribution in [1.29, 1.82) is 0 Å². The van der Waals surface area contributed by atoms with Crippen molar-refractivity contribution in [2.45, 2.75) is 31.9 Å². The second kappa shape index (κ2) is 8.32. The Hall–Kier alpha value is -1.17. The fourth-order valence-electron chi connectivity index (χ4n) is 2.55. The zero-order chi connectivity index (χ0) is 15.1. The van der Waals surface area contributed by atoms with Gasteiger partial charge >= 0.3 is 0 Å². The Bertz CT molecular complexity index is 407. The minimum absolute atomic E-state index is 0.205. The van der Waals surface area contributed by atoms with Crippen molar-refractivity contribution in [2.24, 2.45) is 0 Å². The van der Waals surface area contributed by atoms with Crippen molar-refractivity contribution >= 4 is 0 Å². The van der Waals surface area contributed by atoms with Crippen molar-refractivity contribution < 1.29 is 14.2 Å². The maximum absolute atomic E-state index is 12.7. The van der Waals surface area contributed by atoms with E-state index >= 15 is 0 Å². The first-order valence-corrected chi connectivity index (χ1v) is 7.66. The van der Waals surface area contributed by atoms with Crippen molar-refractivity contribution in [1.82, 2.24) is 10.2 Å². The van der Waals surface area contributed by atoms with Gasteiger partial charge in [-0.1, -0.05) is 0 Å². The van der Waals surface area contributed by atoms with Crippen molar-refractivity contribution in [3.05, 3.63) is 30.1 Å². The van der Waals surface area contributed by atoms with Crippen LogP contribution in [-0.2, 0) is 0 Å². The molecular weight excluding hydrogens is 271 g/mol. The van der Waals surface area contributed by atoms with E-state index in [2.05, 4.69) is 17.1 Å². The Morgan fingerprint density at radius 3 is 2.57 bits per heavy atom. The van der Waals surface area contributed by atoms with Gasteiger partial charge in [-0.3, -0.25) is 4.90 Å². The number of ether oxygens (including phenoxy) is 1. The molecule has 21 heavy (non-hydrogen) atoms. The van der Waals surface area contributed by atoms with Crippen LogP contribution >= 0.6 is 0 Å². The Morgan fingerprint density at radius 2 is 1.90 bits per heavy atom. The molecule has 0 amide bonds. The zero-order valence-electron chi connectivity index (χ0n) is 12.6. The third-order valence-electron chi connectivity index (χ3n) is 3.84. The summed E-state index contributed by atoms with van der Waals surface area (Å²) in [6.45, 7) is 6.14. The SMILES string of the molecule is CC(CNCC(O)COc1ccc(F)cc1)N1CCCC1. The molecule has 2 rings (SSSR count). The highest BCUT2D eigenvalue weighted by molar-refractivity contribution is 5.22. The number of halogens is 1. The van der Waals surface area contributed by atoms with Crippen LogP contribution in [0.1, 0.15) is 19.8 Å². The van der Waals surface area contributed by atoms with E-state index < -0.39 is 6.10 Å². The molecule has 5 heteroatoms. The lowest BCUT2D eigenvalue weighted by atomic mass is 10.3. The van der Waals surface area contributed by atoms with E-state index in [0.717, 1.165) is 6.54 Å². The van der Waals surface area contributed by atoms with Gasteiger partial charge in [-0.05, 0) is 57.1 Å². The highest BCUT2D eigenvalue weighted by Crippen LogP contribution is 2.12. The number of likely N-dealkylation sites (tertiary alicyclic amines) is 1. The smallest absolute Gasteiger partial charge is 0.123 e. The summed E-state index contributed by atoms with van der Waals surface area (Å²) in [5.41, 5.74) is 0. The van der Waals surface area contributed by atoms with E-state index in [1.54, 1.807) is 12.1 Å².